The first-order chi connectivity index (χ1) is 10.0. The highest BCUT2D eigenvalue weighted by molar-refractivity contribution is 5.99. The van der Waals surface area contributed by atoms with Crippen LogP contribution in [0.5, 0.6) is 0 Å². The van der Waals surface area contributed by atoms with E-state index in [9.17, 15) is 19.8 Å². The number of benzene rings is 1. The molecule has 2 N–H and O–H groups in total. The van der Waals surface area contributed by atoms with E-state index >= 15 is 0 Å². The number of ketones is 1. The SMILES string of the molecule is CN1[C@@H]2CC[C@H]1C(C(=O)c1ccccc1)[C@H](O)[C@@H]2C(=O)O.Cl. The summed E-state index contributed by atoms with van der Waals surface area (Å²) >= 11 is 0. The van der Waals surface area contributed by atoms with Crippen molar-refractivity contribution in [2.75, 3.05) is 7.05 Å². The molecule has 0 amide bonds. The Bertz CT molecular complexity index is 565. The summed E-state index contributed by atoms with van der Waals surface area (Å²) in [6.07, 6.45) is 0.350. The average Bonchev–Trinajstić information content (AvgIpc) is 2.74. The van der Waals surface area contributed by atoms with Crippen LogP contribution in [0.1, 0.15) is 23.2 Å². The van der Waals surface area contributed by atoms with Gasteiger partial charge in [-0.05, 0) is 19.9 Å². The average molecular weight is 326 g/mol. The molecule has 1 aromatic carbocycles. The Morgan fingerprint density at radius 2 is 1.64 bits per heavy atom. The summed E-state index contributed by atoms with van der Waals surface area (Å²) in [7, 11) is 1.86. The van der Waals surface area contributed by atoms with E-state index in [4.69, 9.17) is 0 Å². The van der Waals surface area contributed by atoms with Gasteiger partial charge in [-0.2, -0.15) is 0 Å². The summed E-state index contributed by atoms with van der Waals surface area (Å²) in [5.41, 5.74) is 0.532. The maximum absolute atomic E-state index is 12.7. The van der Waals surface area contributed by atoms with E-state index in [2.05, 4.69) is 0 Å². The monoisotopic (exact) mass is 325 g/mol. The first-order valence-electron chi connectivity index (χ1n) is 7.24. The number of aliphatic hydroxyl groups is 1. The number of aliphatic hydroxyl groups excluding tert-OH is 1. The Balaban J connectivity index is 0.00000176. The second-order valence-electron chi connectivity index (χ2n) is 5.99. The van der Waals surface area contributed by atoms with Gasteiger partial charge in [0, 0.05) is 17.6 Å². The molecular weight excluding hydrogens is 306 g/mol. The highest BCUT2D eigenvalue weighted by atomic mass is 35.5. The first-order valence-corrected chi connectivity index (χ1v) is 7.24. The van der Waals surface area contributed by atoms with Gasteiger partial charge in [-0.15, -0.1) is 12.4 Å². The van der Waals surface area contributed by atoms with Crippen molar-refractivity contribution >= 4 is 24.2 Å². The molecule has 2 bridgehead atoms. The number of hydrogen-bond acceptors (Lipinski definition) is 4. The van der Waals surface area contributed by atoms with E-state index in [0.717, 1.165) is 6.42 Å². The number of carbonyl (C=O) groups is 2. The molecule has 0 spiro atoms. The van der Waals surface area contributed by atoms with Gasteiger partial charge in [0.2, 0.25) is 0 Å². The number of carbonyl (C=O) groups excluding carboxylic acids is 1. The number of Topliss-reactive ketones (excluding diaryl/α,β-unsaturated/α-hetero) is 1. The molecule has 0 saturated carbocycles. The second kappa shape index (κ2) is 6.36. The number of carboxylic acid groups (broad SMARTS) is 1. The highest BCUT2D eigenvalue weighted by Crippen LogP contribution is 2.43. The number of carboxylic acids is 1. The summed E-state index contributed by atoms with van der Waals surface area (Å²) in [6.45, 7) is 0. The third-order valence-corrected chi connectivity index (χ3v) is 5.02. The minimum Gasteiger partial charge on any atom is -0.481 e. The largest absolute Gasteiger partial charge is 0.481 e. The number of hydrogen-bond donors (Lipinski definition) is 2. The zero-order valence-electron chi connectivity index (χ0n) is 12.3. The van der Waals surface area contributed by atoms with E-state index in [-0.39, 0.29) is 30.3 Å². The Kier molecular flexibility index (Phi) is 4.90. The van der Waals surface area contributed by atoms with Crippen molar-refractivity contribution in [2.45, 2.75) is 31.0 Å². The van der Waals surface area contributed by atoms with Crippen LogP contribution >= 0.6 is 12.4 Å². The van der Waals surface area contributed by atoms with E-state index in [0.29, 0.717) is 12.0 Å². The Morgan fingerprint density at radius 3 is 2.18 bits per heavy atom. The third-order valence-electron chi connectivity index (χ3n) is 5.02. The summed E-state index contributed by atoms with van der Waals surface area (Å²) in [5, 5.41) is 19.9. The van der Waals surface area contributed by atoms with Crippen LogP contribution in [-0.2, 0) is 4.79 Å². The maximum Gasteiger partial charge on any atom is 0.310 e. The number of fused-ring (bicyclic) bond motifs is 2. The van der Waals surface area contributed by atoms with Gasteiger partial charge in [0.15, 0.2) is 5.78 Å². The summed E-state index contributed by atoms with van der Waals surface area (Å²) < 4.78 is 0. The summed E-state index contributed by atoms with van der Waals surface area (Å²) in [4.78, 5) is 26.2. The van der Waals surface area contributed by atoms with Crippen LogP contribution < -0.4 is 0 Å². The molecule has 1 aromatic rings. The minimum atomic E-state index is -1.12. The zero-order valence-corrected chi connectivity index (χ0v) is 13.1. The molecule has 6 heteroatoms. The predicted molar refractivity (Wildman–Crippen MR) is 83.2 cm³/mol. The molecule has 3 rings (SSSR count). The smallest absolute Gasteiger partial charge is 0.310 e. The van der Waals surface area contributed by atoms with Crippen molar-refractivity contribution < 1.29 is 19.8 Å². The quantitative estimate of drug-likeness (QED) is 0.822. The lowest BCUT2D eigenvalue weighted by molar-refractivity contribution is -0.154. The molecule has 0 aliphatic carbocycles. The molecule has 5 nitrogen and oxygen atoms in total. The zero-order chi connectivity index (χ0) is 15.1. The Morgan fingerprint density at radius 1 is 1.09 bits per heavy atom. The number of nitrogens with zero attached hydrogens (tertiary/aromatic N) is 1. The molecule has 2 aliphatic rings. The normalized spacial score (nSPS) is 34.0. The second-order valence-corrected chi connectivity index (χ2v) is 5.99. The van der Waals surface area contributed by atoms with Crippen LogP contribution in [0, 0.1) is 11.8 Å². The van der Waals surface area contributed by atoms with E-state index < -0.39 is 23.9 Å². The molecule has 5 atom stereocenters. The van der Waals surface area contributed by atoms with Crippen molar-refractivity contribution in [1.82, 2.24) is 4.90 Å². The maximum atomic E-state index is 12.7. The topological polar surface area (TPSA) is 77.8 Å². The van der Waals surface area contributed by atoms with Crippen LogP contribution in [0.3, 0.4) is 0 Å². The molecule has 120 valence electrons. The molecule has 0 radical (unpaired) electrons. The van der Waals surface area contributed by atoms with Crippen LogP contribution in [0.4, 0.5) is 0 Å². The lowest BCUT2D eigenvalue weighted by atomic mass is 9.76. The van der Waals surface area contributed by atoms with Crippen LogP contribution in [-0.4, -0.2) is 52.1 Å². The Labute approximate surface area is 135 Å². The van der Waals surface area contributed by atoms with E-state index in [1.807, 2.05) is 18.0 Å². The van der Waals surface area contributed by atoms with Gasteiger partial charge in [-0.25, -0.2) is 0 Å². The van der Waals surface area contributed by atoms with Crippen molar-refractivity contribution in [1.29, 1.82) is 0 Å². The number of rotatable bonds is 3. The summed E-state index contributed by atoms with van der Waals surface area (Å²) in [5.74, 6) is -2.75. The van der Waals surface area contributed by atoms with Gasteiger partial charge >= 0.3 is 5.97 Å². The van der Waals surface area contributed by atoms with E-state index in [1.54, 1.807) is 24.3 Å². The van der Waals surface area contributed by atoms with Gasteiger partial charge in [-0.1, -0.05) is 30.3 Å². The number of piperidine rings is 1. The highest BCUT2D eigenvalue weighted by Gasteiger charge is 2.55. The third kappa shape index (κ3) is 2.53. The molecule has 22 heavy (non-hydrogen) atoms. The van der Waals surface area contributed by atoms with Gasteiger partial charge in [-0.3, -0.25) is 14.5 Å². The predicted octanol–water partition coefficient (Wildman–Crippen LogP) is 1.45. The molecule has 2 heterocycles. The van der Waals surface area contributed by atoms with Crippen molar-refractivity contribution in [3.63, 3.8) is 0 Å². The van der Waals surface area contributed by atoms with Crippen molar-refractivity contribution in [3.8, 4) is 0 Å². The molecule has 2 fully saturated rings. The summed E-state index contributed by atoms with van der Waals surface area (Å²) in [6, 6.07) is 8.55. The lowest BCUT2D eigenvalue weighted by Crippen LogP contribution is -2.59. The number of aliphatic carboxylic acids is 1. The van der Waals surface area contributed by atoms with E-state index in [1.165, 1.54) is 0 Å². The number of halogens is 1. The molecule has 2 saturated heterocycles. The fraction of sp³-hybridized carbons (Fsp3) is 0.500. The fourth-order valence-corrected chi connectivity index (χ4v) is 3.97. The van der Waals surface area contributed by atoms with Gasteiger partial charge in [0.1, 0.15) is 0 Å². The molecule has 1 unspecified atom stereocenters. The van der Waals surface area contributed by atoms with Crippen LogP contribution in [0.25, 0.3) is 0 Å². The molecule has 0 aromatic heterocycles. The van der Waals surface area contributed by atoms with Gasteiger partial charge < -0.3 is 10.2 Å². The standard InChI is InChI=1S/C16H19NO4.ClH/c1-17-10-7-8-11(17)13(16(20)21)15(19)12(10)14(18)9-5-3-2-4-6-9;/h2-6,10-13,15,19H,7-8H2,1H3,(H,20,21);1H/t10-,11+,12?,13+,15-;/m0./s1. The van der Waals surface area contributed by atoms with Gasteiger partial charge in [0.25, 0.3) is 0 Å². The van der Waals surface area contributed by atoms with Crippen LogP contribution in [0.15, 0.2) is 30.3 Å². The fourth-order valence-electron chi connectivity index (χ4n) is 3.97. The van der Waals surface area contributed by atoms with Crippen molar-refractivity contribution in [3.05, 3.63) is 35.9 Å². The first kappa shape index (κ1) is 16.9. The minimum absolute atomic E-state index is 0. The Hall–Kier alpha value is -1.43. The van der Waals surface area contributed by atoms with Crippen molar-refractivity contribution in [2.24, 2.45) is 11.8 Å². The van der Waals surface area contributed by atoms with Crippen LogP contribution in [0.2, 0.25) is 0 Å². The molecular formula is C16H20ClNO4. The lowest BCUT2D eigenvalue weighted by Gasteiger charge is -2.43. The molecule has 2 aliphatic heterocycles. The van der Waals surface area contributed by atoms with Gasteiger partial charge in [0.05, 0.1) is 17.9 Å².